The molecule has 0 unspecified atom stereocenters. The molecule has 0 saturated heterocycles. The van der Waals surface area contributed by atoms with E-state index in [1.165, 1.54) is 19.3 Å². The molecule has 1 aromatic heterocycles. The van der Waals surface area contributed by atoms with Gasteiger partial charge in [-0.25, -0.2) is 0 Å². The van der Waals surface area contributed by atoms with Crippen molar-refractivity contribution in [3.63, 3.8) is 0 Å². The fourth-order valence-corrected chi connectivity index (χ4v) is 1.02. The number of hydrogen-bond acceptors (Lipinski definition) is 1. The van der Waals surface area contributed by atoms with Gasteiger partial charge < -0.3 is 0 Å². The molecule has 0 spiro atoms. The third-order valence-electron chi connectivity index (χ3n) is 1.66. The Hall–Kier alpha value is -0.920. The molecule has 0 aliphatic rings. The number of rotatable bonds is 4. The molecular formula is C9H15N2+. The number of aryl methyl sites for hydroxylation is 1. The summed E-state index contributed by atoms with van der Waals surface area (Å²) in [6.45, 7) is 3.26. The molecule has 0 aliphatic heterocycles. The van der Waals surface area contributed by atoms with Crippen molar-refractivity contribution >= 4 is 0 Å². The third-order valence-corrected chi connectivity index (χ3v) is 1.66. The molecule has 60 valence electrons. The van der Waals surface area contributed by atoms with Gasteiger partial charge in [0.15, 0.2) is 12.7 Å². The lowest BCUT2D eigenvalue weighted by Gasteiger charge is -1.91. The molecule has 11 heavy (non-hydrogen) atoms. The highest BCUT2D eigenvalue weighted by Gasteiger charge is 1.97. The Morgan fingerprint density at radius 3 is 2.82 bits per heavy atom. The van der Waals surface area contributed by atoms with Crippen LogP contribution >= 0.6 is 0 Å². The van der Waals surface area contributed by atoms with Crippen LogP contribution in [0.4, 0.5) is 0 Å². The van der Waals surface area contributed by atoms with Crippen molar-refractivity contribution in [1.82, 2.24) is 5.10 Å². The zero-order valence-corrected chi connectivity index (χ0v) is 7.03. The third kappa shape index (κ3) is 3.12. The van der Waals surface area contributed by atoms with Gasteiger partial charge in [0.2, 0.25) is 0 Å². The van der Waals surface area contributed by atoms with E-state index >= 15 is 0 Å². The Morgan fingerprint density at radius 1 is 1.27 bits per heavy atom. The average Bonchev–Trinajstić information content (AvgIpc) is 2.07. The quantitative estimate of drug-likeness (QED) is 0.471. The minimum absolute atomic E-state index is 1.05. The van der Waals surface area contributed by atoms with E-state index in [9.17, 15) is 0 Å². The molecule has 0 aromatic carbocycles. The minimum atomic E-state index is 1.05. The SMILES string of the molecule is CCCCC[n+]1ccccn1. The summed E-state index contributed by atoms with van der Waals surface area (Å²) < 4.78 is 1.98. The number of hydrogen-bond donors (Lipinski definition) is 0. The zero-order valence-electron chi connectivity index (χ0n) is 7.03. The summed E-state index contributed by atoms with van der Waals surface area (Å²) in [5.41, 5.74) is 0. The molecular weight excluding hydrogens is 136 g/mol. The van der Waals surface area contributed by atoms with Crippen LogP contribution in [-0.2, 0) is 6.54 Å². The molecule has 0 saturated carbocycles. The van der Waals surface area contributed by atoms with E-state index in [2.05, 4.69) is 12.0 Å². The van der Waals surface area contributed by atoms with Gasteiger partial charge in [-0.3, -0.25) is 0 Å². The normalized spacial score (nSPS) is 9.91. The van der Waals surface area contributed by atoms with Crippen molar-refractivity contribution in [3.05, 3.63) is 24.5 Å². The largest absolute Gasteiger partial charge is 0.196 e. The Balaban J connectivity index is 2.28. The van der Waals surface area contributed by atoms with Gasteiger partial charge in [0.25, 0.3) is 0 Å². The van der Waals surface area contributed by atoms with Crippen LogP contribution in [0.15, 0.2) is 24.5 Å². The van der Waals surface area contributed by atoms with Gasteiger partial charge in [-0.15, -0.1) is 0 Å². The monoisotopic (exact) mass is 151 g/mol. The topological polar surface area (TPSA) is 16.8 Å². The smallest absolute Gasteiger partial charge is 0.0913 e. The summed E-state index contributed by atoms with van der Waals surface area (Å²) in [5, 5.41) is 4.17. The summed E-state index contributed by atoms with van der Waals surface area (Å²) >= 11 is 0. The molecule has 1 rings (SSSR count). The molecule has 1 aromatic rings. The summed E-state index contributed by atoms with van der Waals surface area (Å²) in [6, 6.07) is 3.95. The summed E-state index contributed by atoms with van der Waals surface area (Å²) in [4.78, 5) is 0. The van der Waals surface area contributed by atoms with Gasteiger partial charge in [-0.05, 0) is 17.6 Å². The highest BCUT2D eigenvalue weighted by Crippen LogP contribution is 1.91. The van der Waals surface area contributed by atoms with Gasteiger partial charge in [0, 0.05) is 12.5 Å². The maximum Gasteiger partial charge on any atom is 0.196 e. The van der Waals surface area contributed by atoms with E-state index in [1.54, 1.807) is 0 Å². The lowest BCUT2D eigenvalue weighted by Crippen LogP contribution is -2.36. The lowest BCUT2D eigenvalue weighted by atomic mass is 10.2. The van der Waals surface area contributed by atoms with Crippen LogP contribution in [0.2, 0.25) is 0 Å². The van der Waals surface area contributed by atoms with E-state index in [0.29, 0.717) is 0 Å². The maximum absolute atomic E-state index is 4.17. The van der Waals surface area contributed by atoms with Crippen molar-refractivity contribution in [2.75, 3.05) is 0 Å². The van der Waals surface area contributed by atoms with Crippen LogP contribution in [0, 0.1) is 0 Å². The molecule has 1 heterocycles. The Morgan fingerprint density at radius 2 is 2.18 bits per heavy atom. The van der Waals surface area contributed by atoms with Crippen molar-refractivity contribution in [2.24, 2.45) is 0 Å². The molecule has 0 aliphatic carbocycles. The Bertz CT molecular complexity index is 184. The second-order valence-electron chi connectivity index (χ2n) is 2.67. The van der Waals surface area contributed by atoms with Crippen LogP contribution in [0.1, 0.15) is 26.2 Å². The van der Waals surface area contributed by atoms with Gasteiger partial charge in [0.1, 0.15) is 0 Å². The highest BCUT2D eigenvalue weighted by molar-refractivity contribution is 4.76. The van der Waals surface area contributed by atoms with Gasteiger partial charge in [0.05, 0.1) is 6.20 Å². The standard InChI is InChI=1S/C9H15N2/c1-2-3-5-8-11-9-6-4-7-10-11/h4,6-7,9H,2-3,5,8H2,1H3/q+1. The fourth-order valence-electron chi connectivity index (χ4n) is 1.02. The van der Waals surface area contributed by atoms with Crippen LogP contribution in [-0.4, -0.2) is 5.10 Å². The summed E-state index contributed by atoms with van der Waals surface area (Å²) in [6.07, 6.45) is 7.64. The number of nitrogens with zero attached hydrogens (tertiary/aromatic N) is 2. The fraction of sp³-hybridized carbons (Fsp3) is 0.556. The molecule has 2 nitrogen and oxygen atoms in total. The maximum atomic E-state index is 4.17. The van der Waals surface area contributed by atoms with Crippen molar-refractivity contribution < 1.29 is 4.68 Å². The summed E-state index contributed by atoms with van der Waals surface area (Å²) in [7, 11) is 0. The molecule has 0 amide bonds. The van der Waals surface area contributed by atoms with E-state index in [4.69, 9.17) is 0 Å². The molecule has 0 bridgehead atoms. The van der Waals surface area contributed by atoms with Crippen molar-refractivity contribution in [2.45, 2.75) is 32.7 Å². The first-order valence-corrected chi connectivity index (χ1v) is 4.24. The van der Waals surface area contributed by atoms with Crippen LogP contribution < -0.4 is 4.68 Å². The van der Waals surface area contributed by atoms with E-state index in [-0.39, 0.29) is 0 Å². The second-order valence-corrected chi connectivity index (χ2v) is 2.67. The Labute approximate surface area is 67.9 Å². The van der Waals surface area contributed by atoms with Gasteiger partial charge in [-0.1, -0.05) is 18.0 Å². The van der Waals surface area contributed by atoms with E-state index in [1.807, 2.05) is 29.2 Å². The lowest BCUT2D eigenvalue weighted by molar-refractivity contribution is -0.754. The average molecular weight is 151 g/mol. The van der Waals surface area contributed by atoms with Crippen LogP contribution in [0.5, 0.6) is 0 Å². The number of aromatic nitrogens is 2. The minimum Gasteiger partial charge on any atom is -0.0913 e. The van der Waals surface area contributed by atoms with E-state index < -0.39 is 0 Å². The molecule has 2 heteroatoms. The molecule has 0 fully saturated rings. The first kappa shape index (κ1) is 8.18. The highest BCUT2D eigenvalue weighted by atomic mass is 15.2. The van der Waals surface area contributed by atoms with Gasteiger partial charge >= 0.3 is 0 Å². The van der Waals surface area contributed by atoms with E-state index in [0.717, 1.165) is 6.54 Å². The predicted octanol–water partition coefficient (Wildman–Crippen LogP) is 1.56. The second kappa shape index (κ2) is 4.83. The molecule has 0 atom stereocenters. The first-order chi connectivity index (χ1) is 5.43. The summed E-state index contributed by atoms with van der Waals surface area (Å²) in [5.74, 6) is 0. The predicted molar refractivity (Wildman–Crippen MR) is 44.0 cm³/mol. The van der Waals surface area contributed by atoms with Crippen molar-refractivity contribution in [3.8, 4) is 0 Å². The molecule has 0 N–H and O–H groups in total. The van der Waals surface area contributed by atoms with Crippen LogP contribution in [0.25, 0.3) is 0 Å². The van der Waals surface area contributed by atoms with Crippen molar-refractivity contribution in [1.29, 1.82) is 0 Å². The number of unbranched alkanes of at least 4 members (excludes halogenated alkanes) is 2. The Kier molecular flexibility index (Phi) is 3.59. The van der Waals surface area contributed by atoms with Gasteiger partial charge in [-0.2, -0.15) is 0 Å². The zero-order chi connectivity index (χ0) is 7.94. The molecule has 0 radical (unpaired) electrons. The van der Waals surface area contributed by atoms with Crippen LogP contribution in [0.3, 0.4) is 0 Å². The first-order valence-electron chi connectivity index (χ1n) is 4.24.